The Kier molecular flexibility index (Phi) is 4.12. The lowest BCUT2D eigenvalue weighted by Crippen LogP contribution is -1.93. The van der Waals surface area contributed by atoms with Crippen molar-refractivity contribution in [3.05, 3.63) is 24.3 Å². The van der Waals surface area contributed by atoms with Crippen molar-refractivity contribution < 1.29 is 0 Å². The third-order valence-corrected chi connectivity index (χ3v) is 1.76. The molecule has 0 N–H and O–H groups in total. The van der Waals surface area contributed by atoms with Crippen molar-refractivity contribution in [1.29, 1.82) is 0 Å². The van der Waals surface area contributed by atoms with E-state index >= 15 is 0 Å². The van der Waals surface area contributed by atoms with Gasteiger partial charge in [-0.05, 0) is 26.2 Å². The largest absolute Gasteiger partial charge is 0.102 e. The van der Waals surface area contributed by atoms with E-state index in [4.69, 9.17) is 0 Å². The number of rotatable bonds is 3. The Morgan fingerprint density at radius 1 is 1.67 bits per heavy atom. The summed E-state index contributed by atoms with van der Waals surface area (Å²) in [6.07, 6.45) is 5.32. The second-order valence-corrected chi connectivity index (χ2v) is 2.28. The molecule has 9 heavy (non-hydrogen) atoms. The molecule has 0 aliphatic rings. The first-order chi connectivity index (χ1) is 4.26. The van der Waals surface area contributed by atoms with Gasteiger partial charge in [-0.25, -0.2) is 0 Å². The van der Waals surface area contributed by atoms with Crippen molar-refractivity contribution >= 4 is 0 Å². The van der Waals surface area contributed by atoms with Crippen LogP contribution in [0.25, 0.3) is 0 Å². The molecule has 0 radical (unpaired) electrons. The molecule has 0 rings (SSSR count). The van der Waals surface area contributed by atoms with Crippen LogP contribution in [0.3, 0.4) is 0 Å². The normalized spacial score (nSPS) is 15.2. The Hall–Kier alpha value is -0.520. The fraction of sp³-hybridized carbons (Fsp3) is 0.556. The van der Waals surface area contributed by atoms with Crippen molar-refractivity contribution in [2.45, 2.75) is 27.2 Å². The van der Waals surface area contributed by atoms with Gasteiger partial charge in [-0.15, -0.1) is 6.58 Å². The maximum atomic E-state index is 3.76. The van der Waals surface area contributed by atoms with Gasteiger partial charge in [0.25, 0.3) is 0 Å². The predicted octanol–water partition coefficient (Wildman–Crippen LogP) is 3.16. The molecular weight excluding hydrogens is 108 g/mol. The highest BCUT2D eigenvalue weighted by Crippen LogP contribution is 2.14. The van der Waals surface area contributed by atoms with E-state index < -0.39 is 0 Å². The van der Waals surface area contributed by atoms with Crippen LogP contribution >= 0.6 is 0 Å². The van der Waals surface area contributed by atoms with Gasteiger partial charge in [0.15, 0.2) is 0 Å². The topological polar surface area (TPSA) is 0 Å². The van der Waals surface area contributed by atoms with E-state index in [1.165, 1.54) is 12.0 Å². The predicted molar refractivity (Wildman–Crippen MR) is 43.4 cm³/mol. The molecule has 0 aromatic heterocycles. The highest BCUT2D eigenvalue weighted by molar-refractivity contribution is 5.07. The average Bonchev–Trinajstić information content (AvgIpc) is 1.90. The Labute approximate surface area is 58.3 Å². The lowest BCUT2D eigenvalue weighted by molar-refractivity contribution is 0.727. The van der Waals surface area contributed by atoms with Crippen LogP contribution < -0.4 is 0 Å². The van der Waals surface area contributed by atoms with Crippen LogP contribution in [0.5, 0.6) is 0 Å². The fourth-order valence-electron chi connectivity index (χ4n) is 0.889. The SMILES string of the molecule is C=CC(CC)C(C)=CC. The highest BCUT2D eigenvalue weighted by Gasteiger charge is 1.99. The molecule has 0 aromatic rings. The van der Waals surface area contributed by atoms with Gasteiger partial charge in [-0.3, -0.25) is 0 Å². The molecule has 0 aromatic carbocycles. The Morgan fingerprint density at radius 3 is 2.33 bits per heavy atom. The van der Waals surface area contributed by atoms with Crippen LogP contribution in [-0.4, -0.2) is 0 Å². The third kappa shape index (κ3) is 2.50. The van der Waals surface area contributed by atoms with E-state index in [1.807, 2.05) is 6.08 Å². The number of allylic oxidation sites excluding steroid dienone is 3. The molecule has 0 heteroatoms. The Bertz CT molecular complexity index is 109. The molecule has 0 fully saturated rings. The van der Waals surface area contributed by atoms with Gasteiger partial charge in [0, 0.05) is 0 Å². The van der Waals surface area contributed by atoms with Crippen molar-refractivity contribution in [2.75, 3.05) is 0 Å². The average molecular weight is 124 g/mol. The van der Waals surface area contributed by atoms with E-state index in [-0.39, 0.29) is 0 Å². The molecule has 1 atom stereocenters. The van der Waals surface area contributed by atoms with Crippen molar-refractivity contribution in [3.63, 3.8) is 0 Å². The zero-order chi connectivity index (χ0) is 7.28. The second kappa shape index (κ2) is 4.37. The molecule has 0 aliphatic carbocycles. The molecule has 0 saturated carbocycles. The van der Waals surface area contributed by atoms with E-state index in [9.17, 15) is 0 Å². The van der Waals surface area contributed by atoms with E-state index in [1.54, 1.807) is 0 Å². The molecule has 0 spiro atoms. The molecule has 0 amide bonds. The minimum absolute atomic E-state index is 0.593. The molecule has 0 aliphatic heterocycles. The summed E-state index contributed by atoms with van der Waals surface area (Å²) in [5, 5.41) is 0. The van der Waals surface area contributed by atoms with E-state index in [0.29, 0.717) is 5.92 Å². The maximum Gasteiger partial charge on any atom is -0.00315 e. The molecule has 0 bridgehead atoms. The molecule has 0 heterocycles. The first-order valence-corrected chi connectivity index (χ1v) is 3.51. The second-order valence-electron chi connectivity index (χ2n) is 2.28. The molecule has 52 valence electrons. The molecule has 0 nitrogen and oxygen atoms in total. The van der Waals surface area contributed by atoms with E-state index in [0.717, 1.165) is 0 Å². The lowest BCUT2D eigenvalue weighted by atomic mass is 9.98. The smallest absolute Gasteiger partial charge is 0.00315 e. The summed E-state index contributed by atoms with van der Waals surface area (Å²) in [5.74, 6) is 0.593. The van der Waals surface area contributed by atoms with Crippen LogP contribution in [0.4, 0.5) is 0 Å². The van der Waals surface area contributed by atoms with Gasteiger partial charge in [-0.2, -0.15) is 0 Å². The molecular formula is C9H16. The van der Waals surface area contributed by atoms with Gasteiger partial charge < -0.3 is 0 Å². The van der Waals surface area contributed by atoms with Crippen LogP contribution in [0.2, 0.25) is 0 Å². The summed E-state index contributed by atoms with van der Waals surface area (Å²) in [7, 11) is 0. The van der Waals surface area contributed by atoms with Gasteiger partial charge in [0.05, 0.1) is 0 Å². The molecule has 1 unspecified atom stereocenters. The first kappa shape index (κ1) is 8.48. The van der Waals surface area contributed by atoms with Crippen molar-refractivity contribution in [3.8, 4) is 0 Å². The van der Waals surface area contributed by atoms with Crippen LogP contribution in [0.15, 0.2) is 24.3 Å². The molecule has 0 saturated heterocycles. The quantitative estimate of drug-likeness (QED) is 0.507. The minimum Gasteiger partial charge on any atom is -0.102 e. The summed E-state index contributed by atoms with van der Waals surface area (Å²) in [5.41, 5.74) is 1.42. The van der Waals surface area contributed by atoms with Crippen molar-refractivity contribution in [1.82, 2.24) is 0 Å². The van der Waals surface area contributed by atoms with Gasteiger partial charge in [0.2, 0.25) is 0 Å². The fourth-order valence-corrected chi connectivity index (χ4v) is 0.889. The Morgan fingerprint density at radius 2 is 2.22 bits per heavy atom. The van der Waals surface area contributed by atoms with Crippen molar-refractivity contribution in [2.24, 2.45) is 5.92 Å². The summed E-state index contributed by atoms with van der Waals surface area (Å²) in [6.45, 7) is 10.2. The Balaban J connectivity index is 3.94. The van der Waals surface area contributed by atoms with Crippen LogP contribution in [0.1, 0.15) is 27.2 Å². The van der Waals surface area contributed by atoms with Gasteiger partial charge >= 0.3 is 0 Å². The minimum atomic E-state index is 0.593. The van der Waals surface area contributed by atoms with Gasteiger partial charge in [-0.1, -0.05) is 24.6 Å². The van der Waals surface area contributed by atoms with Crippen LogP contribution in [-0.2, 0) is 0 Å². The maximum absolute atomic E-state index is 3.76. The first-order valence-electron chi connectivity index (χ1n) is 3.51. The lowest BCUT2D eigenvalue weighted by Gasteiger charge is -2.08. The third-order valence-electron chi connectivity index (χ3n) is 1.76. The van der Waals surface area contributed by atoms with Crippen LogP contribution in [0, 0.1) is 5.92 Å². The summed E-state index contributed by atoms with van der Waals surface area (Å²) in [4.78, 5) is 0. The van der Waals surface area contributed by atoms with E-state index in [2.05, 4.69) is 33.4 Å². The van der Waals surface area contributed by atoms with Gasteiger partial charge in [0.1, 0.15) is 0 Å². The summed E-state index contributed by atoms with van der Waals surface area (Å²) in [6, 6.07) is 0. The summed E-state index contributed by atoms with van der Waals surface area (Å²) < 4.78 is 0. The zero-order valence-electron chi connectivity index (χ0n) is 6.65. The monoisotopic (exact) mass is 124 g/mol. The number of hydrogen-bond donors (Lipinski definition) is 0. The highest BCUT2D eigenvalue weighted by atomic mass is 14.0. The number of hydrogen-bond acceptors (Lipinski definition) is 0. The zero-order valence-corrected chi connectivity index (χ0v) is 6.65. The summed E-state index contributed by atoms with van der Waals surface area (Å²) >= 11 is 0. The standard InChI is InChI=1S/C9H16/c1-5-8(4)9(6-2)7-3/h5-6,9H,2,7H2,1,3-4H3.